The highest BCUT2D eigenvalue weighted by atomic mass is 16.5. The SMILES string of the molecule is CCOC(=O)c1c(/C=C/C(=O)N2CCN(Cc3cccnc3)CC2)c(C)n(CC)c1C. The maximum absolute atomic E-state index is 12.8. The summed E-state index contributed by atoms with van der Waals surface area (Å²) < 4.78 is 7.33. The Morgan fingerprint density at radius 1 is 1.13 bits per heavy atom. The Kier molecular flexibility index (Phi) is 7.63. The van der Waals surface area contributed by atoms with Crippen molar-refractivity contribution in [2.75, 3.05) is 32.8 Å². The van der Waals surface area contributed by atoms with E-state index in [4.69, 9.17) is 4.74 Å². The minimum atomic E-state index is -0.341. The van der Waals surface area contributed by atoms with Crippen molar-refractivity contribution in [3.05, 3.63) is 58.7 Å². The lowest BCUT2D eigenvalue weighted by molar-refractivity contribution is -0.127. The van der Waals surface area contributed by atoms with Gasteiger partial charge in [-0.15, -0.1) is 0 Å². The molecule has 0 spiro atoms. The number of pyridine rings is 1. The standard InChI is InChI=1S/C24H32N4O3/c1-5-28-18(3)21(23(19(28)4)24(30)31-6-2)9-10-22(29)27-14-12-26(13-15-27)17-20-8-7-11-25-16-20/h7-11,16H,5-6,12-15,17H2,1-4H3/b10-9+. The molecular formula is C24H32N4O3. The number of amides is 1. The third-order valence-electron chi connectivity index (χ3n) is 5.83. The van der Waals surface area contributed by atoms with Crippen molar-refractivity contribution in [2.24, 2.45) is 0 Å². The predicted molar refractivity (Wildman–Crippen MR) is 121 cm³/mol. The van der Waals surface area contributed by atoms with Crippen LogP contribution in [0.5, 0.6) is 0 Å². The summed E-state index contributed by atoms with van der Waals surface area (Å²) in [6, 6.07) is 4.02. The van der Waals surface area contributed by atoms with Crippen molar-refractivity contribution in [1.29, 1.82) is 0 Å². The van der Waals surface area contributed by atoms with E-state index < -0.39 is 0 Å². The lowest BCUT2D eigenvalue weighted by Gasteiger charge is -2.34. The van der Waals surface area contributed by atoms with Crippen LogP contribution in [0.2, 0.25) is 0 Å². The smallest absolute Gasteiger partial charge is 0.340 e. The lowest BCUT2D eigenvalue weighted by atomic mass is 10.1. The monoisotopic (exact) mass is 424 g/mol. The number of hydrogen-bond acceptors (Lipinski definition) is 5. The van der Waals surface area contributed by atoms with Crippen LogP contribution in [0.4, 0.5) is 0 Å². The number of rotatable bonds is 7. The maximum Gasteiger partial charge on any atom is 0.340 e. The summed E-state index contributed by atoms with van der Waals surface area (Å²) in [6.07, 6.45) is 7.01. The van der Waals surface area contributed by atoms with Gasteiger partial charge in [-0.2, -0.15) is 0 Å². The van der Waals surface area contributed by atoms with Crippen LogP contribution in [0, 0.1) is 13.8 Å². The molecule has 3 rings (SSSR count). The van der Waals surface area contributed by atoms with E-state index in [2.05, 4.69) is 20.5 Å². The molecule has 2 aromatic heterocycles. The number of esters is 1. The first-order chi connectivity index (χ1) is 15.0. The molecule has 0 saturated carbocycles. The maximum atomic E-state index is 12.8. The summed E-state index contributed by atoms with van der Waals surface area (Å²) in [6.45, 7) is 12.7. The summed E-state index contributed by atoms with van der Waals surface area (Å²) in [5.74, 6) is -0.372. The highest BCUT2D eigenvalue weighted by Crippen LogP contribution is 2.25. The summed E-state index contributed by atoms with van der Waals surface area (Å²) >= 11 is 0. The first-order valence-electron chi connectivity index (χ1n) is 10.9. The zero-order valence-corrected chi connectivity index (χ0v) is 18.9. The molecule has 1 aliphatic rings. The summed E-state index contributed by atoms with van der Waals surface area (Å²) in [5, 5.41) is 0. The van der Waals surface area contributed by atoms with Crippen LogP contribution < -0.4 is 0 Å². The van der Waals surface area contributed by atoms with Crippen LogP contribution in [-0.4, -0.2) is 64.0 Å². The lowest BCUT2D eigenvalue weighted by Crippen LogP contribution is -2.47. The number of aromatic nitrogens is 2. The molecule has 1 saturated heterocycles. The Balaban J connectivity index is 1.67. The fourth-order valence-electron chi connectivity index (χ4n) is 4.18. The van der Waals surface area contributed by atoms with Crippen molar-refractivity contribution in [1.82, 2.24) is 19.4 Å². The molecule has 0 unspecified atom stereocenters. The number of hydrogen-bond donors (Lipinski definition) is 0. The number of piperazine rings is 1. The van der Waals surface area contributed by atoms with Gasteiger partial charge in [0.05, 0.1) is 12.2 Å². The van der Waals surface area contributed by atoms with Crippen molar-refractivity contribution < 1.29 is 14.3 Å². The number of carbonyl (C=O) groups excluding carboxylic acids is 2. The molecule has 2 aromatic rings. The summed E-state index contributed by atoms with van der Waals surface area (Å²) in [4.78, 5) is 33.7. The Morgan fingerprint density at radius 2 is 1.87 bits per heavy atom. The average Bonchev–Trinajstić information content (AvgIpc) is 3.02. The van der Waals surface area contributed by atoms with E-state index >= 15 is 0 Å². The van der Waals surface area contributed by atoms with Crippen LogP contribution in [0.1, 0.15) is 46.7 Å². The fraction of sp³-hybridized carbons (Fsp3) is 0.458. The molecule has 7 nitrogen and oxygen atoms in total. The Hall–Kier alpha value is -2.93. The fourth-order valence-corrected chi connectivity index (χ4v) is 4.18. The molecule has 31 heavy (non-hydrogen) atoms. The van der Waals surface area contributed by atoms with E-state index in [1.54, 1.807) is 25.3 Å². The molecule has 1 aliphatic heterocycles. The van der Waals surface area contributed by atoms with Crippen molar-refractivity contribution in [3.8, 4) is 0 Å². The van der Waals surface area contributed by atoms with Gasteiger partial charge in [-0.3, -0.25) is 14.7 Å². The van der Waals surface area contributed by atoms with Crippen LogP contribution in [0.25, 0.3) is 6.08 Å². The van der Waals surface area contributed by atoms with Crippen LogP contribution in [0.15, 0.2) is 30.6 Å². The van der Waals surface area contributed by atoms with Gasteiger partial charge in [0, 0.05) is 74.7 Å². The van der Waals surface area contributed by atoms with E-state index in [-0.39, 0.29) is 11.9 Å². The van der Waals surface area contributed by atoms with Gasteiger partial charge < -0.3 is 14.2 Å². The highest BCUT2D eigenvalue weighted by Gasteiger charge is 2.23. The third-order valence-corrected chi connectivity index (χ3v) is 5.83. The van der Waals surface area contributed by atoms with E-state index in [1.165, 1.54) is 5.56 Å². The minimum absolute atomic E-state index is 0.0304. The van der Waals surface area contributed by atoms with Gasteiger partial charge in [0.15, 0.2) is 0 Å². The van der Waals surface area contributed by atoms with Crippen LogP contribution in [-0.2, 0) is 22.6 Å². The third kappa shape index (κ3) is 5.22. The molecule has 0 N–H and O–H groups in total. The van der Waals surface area contributed by atoms with Gasteiger partial charge in [0.25, 0.3) is 0 Å². The highest BCUT2D eigenvalue weighted by molar-refractivity contribution is 5.98. The first kappa shape index (κ1) is 22.7. The molecule has 0 bridgehead atoms. The van der Waals surface area contributed by atoms with Crippen molar-refractivity contribution >= 4 is 18.0 Å². The second kappa shape index (κ2) is 10.4. The second-order valence-corrected chi connectivity index (χ2v) is 7.72. The molecule has 0 aromatic carbocycles. The zero-order chi connectivity index (χ0) is 22.4. The van der Waals surface area contributed by atoms with E-state index in [0.29, 0.717) is 25.3 Å². The Morgan fingerprint density at radius 3 is 2.48 bits per heavy atom. The first-order valence-corrected chi connectivity index (χ1v) is 10.9. The summed E-state index contributed by atoms with van der Waals surface area (Å²) in [7, 11) is 0. The molecule has 1 amide bonds. The minimum Gasteiger partial charge on any atom is -0.462 e. The number of nitrogens with zero attached hydrogens (tertiary/aromatic N) is 4. The summed E-state index contributed by atoms with van der Waals surface area (Å²) in [5.41, 5.74) is 4.33. The predicted octanol–water partition coefficient (Wildman–Crippen LogP) is 3.05. The molecule has 0 atom stereocenters. The van der Waals surface area contributed by atoms with E-state index in [0.717, 1.165) is 43.1 Å². The number of carbonyl (C=O) groups is 2. The quantitative estimate of drug-likeness (QED) is 0.505. The molecule has 166 valence electrons. The normalized spacial score (nSPS) is 14.9. The van der Waals surface area contributed by atoms with Gasteiger partial charge in [-0.05, 0) is 45.4 Å². The number of ether oxygens (including phenoxy) is 1. The van der Waals surface area contributed by atoms with Crippen LogP contribution >= 0.6 is 0 Å². The van der Waals surface area contributed by atoms with Crippen molar-refractivity contribution in [2.45, 2.75) is 40.8 Å². The van der Waals surface area contributed by atoms with Crippen molar-refractivity contribution in [3.63, 3.8) is 0 Å². The average molecular weight is 425 g/mol. The molecule has 7 heteroatoms. The molecular weight excluding hydrogens is 392 g/mol. The largest absolute Gasteiger partial charge is 0.462 e. The van der Waals surface area contributed by atoms with Gasteiger partial charge >= 0.3 is 5.97 Å². The van der Waals surface area contributed by atoms with Gasteiger partial charge in [-0.25, -0.2) is 4.79 Å². The molecule has 0 radical (unpaired) electrons. The molecule has 1 fully saturated rings. The van der Waals surface area contributed by atoms with Crippen LogP contribution in [0.3, 0.4) is 0 Å². The second-order valence-electron chi connectivity index (χ2n) is 7.72. The Bertz CT molecular complexity index is 941. The Labute approximate surface area is 184 Å². The van der Waals surface area contributed by atoms with Gasteiger partial charge in [-0.1, -0.05) is 6.07 Å². The van der Waals surface area contributed by atoms with E-state index in [9.17, 15) is 9.59 Å². The zero-order valence-electron chi connectivity index (χ0n) is 18.9. The topological polar surface area (TPSA) is 67.7 Å². The van der Waals surface area contributed by atoms with E-state index in [1.807, 2.05) is 37.9 Å². The van der Waals surface area contributed by atoms with Gasteiger partial charge in [0.2, 0.25) is 5.91 Å². The van der Waals surface area contributed by atoms with Gasteiger partial charge in [0.1, 0.15) is 0 Å². The molecule has 3 heterocycles. The molecule has 0 aliphatic carbocycles.